The average molecular weight is 304 g/mol. The van der Waals surface area contributed by atoms with Crippen LogP contribution in [0.3, 0.4) is 0 Å². The van der Waals surface area contributed by atoms with Crippen molar-refractivity contribution in [3.63, 3.8) is 0 Å². The second-order valence-corrected chi connectivity index (χ2v) is 6.13. The lowest BCUT2D eigenvalue weighted by Gasteiger charge is -2.11. The molecule has 2 rings (SSSR count). The van der Waals surface area contributed by atoms with Crippen LogP contribution >= 0.6 is 11.3 Å². The van der Waals surface area contributed by atoms with E-state index in [1.807, 2.05) is 40.7 Å². The van der Waals surface area contributed by atoms with Gasteiger partial charge in [0.2, 0.25) is 11.0 Å². The molecule has 0 aliphatic rings. The van der Waals surface area contributed by atoms with Gasteiger partial charge in [-0.1, -0.05) is 18.3 Å². The van der Waals surface area contributed by atoms with Crippen molar-refractivity contribution in [2.75, 3.05) is 10.7 Å². The van der Waals surface area contributed by atoms with Gasteiger partial charge in [0.1, 0.15) is 0 Å². The van der Waals surface area contributed by atoms with Crippen LogP contribution in [0.25, 0.3) is 10.2 Å². The number of rotatable bonds is 4. The van der Waals surface area contributed by atoms with E-state index in [0.717, 1.165) is 37.9 Å². The Hall–Kier alpha value is -1.95. The van der Waals surface area contributed by atoms with E-state index in [1.54, 1.807) is 11.3 Å². The highest BCUT2D eigenvalue weighted by Crippen LogP contribution is 2.35. The Kier molecular flexibility index (Phi) is 4.57. The predicted molar refractivity (Wildman–Crippen MR) is 90.4 cm³/mol. The van der Waals surface area contributed by atoms with Crippen LogP contribution in [0.5, 0.6) is 0 Å². The van der Waals surface area contributed by atoms with E-state index in [1.165, 1.54) is 0 Å². The number of aryl methyl sites for hydroxylation is 2. The number of hydrogen-bond acceptors (Lipinski definition) is 5. The Morgan fingerprint density at radius 2 is 2.10 bits per heavy atom. The minimum Gasteiger partial charge on any atom is -0.326 e. The molecule has 2 aromatic rings. The molecule has 1 amide bonds. The first-order valence-electron chi connectivity index (χ1n) is 6.89. The van der Waals surface area contributed by atoms with Gasteiger partial charge < -0.3 is 5.32 Å². The summed E-state index contributed by atoms with van der Waals surface area (Å²) < 4.78 is 1.07. The van der Waals surface area contributed by atoms with E-state index in [4.69, 9.17) is 0 Å². The van der Waals surface area contributed by atoms with Crippen molar-refractivity contribution in [1.29, 1.82) is 0 Å². The topological polar surface area (TPSA) is 66.4 Å². The van der Waals surface area contributed by atoms with Gasteiger partial charge in [0, 0.05) is 17.8 Å². The second kappa shape index (κ2) is 6.22. The summed E-state index contributed by atoms with van der Waals surface area (Å²) in [6.45, 7) is 9.69. The van der Waals surface area contributed by atoms with Crippen molar-refractivity contribution >= 4 is 44.0 Å². The van der Waals surface area contributed by atoms with Crippen LogP contribution in [-0.2, 0) is 4.79 Å². The molecular formula is C15H20N4OS. The smallest absolute Gasteiger partial charge is 0.224 e. The van der Waals surface area contributed by atoms with Crippen LogP contribution in [0.15, 0.2) is 11.2 Å². The van der Waals surface area contributed by atoms with E-state index in [9.17, 15) is 4.79 Å². The molecule has 0 atom stereocenters. The van der Waals surface area contributed by atoms with Gasteiger partial charge in [-0.3, -0.25) is 10.2 Å². The SMILES string of the molecule is CCC(=O)Nc1c(C)cc2nc(NN=C(C)C)sc2c1C. The number of hydrogen-bond donors (Lipinski definition) is 2. The summed E-state index contributed by atoms with van der Waals surface area (Å²) in [5, 5.41) is 7.90. The lowest BCUT2D eigenvalue weighted by molar-refractivity contribution is -0.115. The zero-order chi connectivity index (χ0) is 15.6. The number of hydrazone groups is 1. The number of carbonyl (C=O) groups is 1. The second-order valence-electron chi connectivity index (χ2n) is 5.13. The zero-order valence-electron chi connectivity index (χ0n) is 13.0. The number of benzene rings is 1. The van der Waals surface area contributed by atoms with Gasteiger partial charge >= 0.3 is 0 Å². The van der Waals surface area contributed by atoms with Crippen LogP contribution < -0.4 is 10.7 Å². The highest BCUT2D eigenvalue weighted by molar-refractivity contribution is 7.22. The Labute approximate surface area is 128 Å². The van der Waals surface area contributed by atoms with Crippen molar-refractivity contribution in [3.05, 3.63) is 17.2 Å². The standard InChI is InChI=1S/C15H20N4OS/c1-6-12(20)17-13-9(4)7-11-14(10(13)5)21-15(16-11)19-18-8(2)3/h7H,6H2,1-5H3,(H,16,19)(H,17,20). The van der Waals surface area contributed by atoms with Gasteiger partial charge in [-0.25, -0.2) is 4.98 Å². The van der Waals surface area contributed by atoms with Crippen molar-refractivity contribution in [3.8, 4) is 0 Å². The van der Waals surface area contributed by atoms with E-state index in [-0.39, 0.29) is 5.91 Å². The Balaban J connectivity index is 2.45. The first-order valence-corrected chi connectivity index (χ1v) is 7.71. The van der Waals surface area contributed by atoms with Crippen LogP contribution in [0.4, 0.5) is 10.8 Å². The highest BCUT2D eigenvalue weighted by Gasteiger charge is 2.13. The molecular weight excluding hydrogens is 284 g/mol. The molecule has 0 saturated carbocycles. The lowest BCUT2D eigenvalue weighted by atomic mass is 10.1. The molecule has 1 aromatic heterocycles. The summed E-state index contributed by atoms with van der Waals surface area (Å²) in [5.41, 5.74) is 7.79. The van der Waals surface area contributed by atoms with Gasteiger partial charge in [0.05, 0.1) is 10.2 Å². The zero-order valence-corrected chi connectivity index (χ0v) is 13.8. The molecule has 21 heavy (non-hydrogen) atoms. The molecule has 0 spiro atoms. The van der Waals surface area contributed by atoms with E-state index in [2.05, 4.69) is 20.8 Å². The maximum Gasteiger partial charge on any atom is 0.224 e. The largest absolute Gasteiger partial charge is 0.326 e. The maximum absolute atomic E-state index is 11.7. The molecule has 1 heterocycles. The first kappa shape index (κ1) is 15.4. The molecule has 0 saturated heterocycles. The summed E-state index contributed by atoms with van der Waals surface area (Å²) in [4.78, 5) is 16.2. The highest BCUT2D eigenvalue weighted by atomic mass is 32.1. The minimum atomic E-state index is 0.0228. The quantitative estimate of drug-likeness (QED) is 0.661. The molecule has 0 unspecified atom stereocenters. The fourth-order valence-corrected chi connectivity index (χ4v) is 2.91. The molecule has 1 aromatic carbocycles. The number of fused-ring (bicyclic) bond motifs is 1. The van der Waals surface area contributed by atoms with Crippen LogP contribution in [0.2, 0.25) is 0 Å². The molecule has 0 fully saturated rings. The molecule has 6 heteroatoms. The monoisotopic (exact) mass is 304 g/mol. The number of carbonyl (C=O) groups excluding carboxylic acids is 1. The first-order chi connectivity index (χ1) is 9.92. The number of nitrogens with one attached hydrogen (secondary N) is 2. The van der Waals surface area contributed by atoms with Gasteiger partial charge in [-0.15, -0.1) is 0 Å². The third-order valence-corrected chi connectivity index (χ3v) is 4.17. The summed E-state index contributed by atoms with van der Waals surface area (Å²) in [6, 6.07) is 2.00. The van der Waals surface area contributed by atoms with E-state index < -0.39 is 0 Å². The molecule has 0 radical (unpaired) electrons. The van der Waals surface area contributed by atoms with E-state index >= 15 is 0 Å². The fraction of sp³-hybridized carbons (Fsp3) is 0.400. The van der Waals surface area contributed by atoms with Gasteiger partial charge in [-0.05, 0) is 44.9 Å². The number of anilines is 2. The average Bonchev–Trinajstić information content (AvgIpc) is 2.84. The fourth-order valence-electron chi connectivity index (χ4n) is 2.01. The third kappa shape index (κ3) is 3.39. The number of aromatic nitrogens is 1. The summed E-state index contributed by atoms with van der Waals surface area (Å²) in [7, 11) is 0. The molecule has 0 aliphatic carbocycles. The van der Waals surface area contributed by atoms with Gasteiger partial charge in [0.15, 0.2) is 0 Å². The molecule has 2 N–H and O–H groups in total. The van der Waals surface area contributed by atoms with Crippen molar-refractivity contribution in [2.24, 2.45) is 5.10 Å². The van der Waals surface area contributed by atoms with Crippen LogP contribution in [0, 0.1) is 13.8 Å². The number of thiazole rings is 1. The predicted octanol–water partition coefficient (Wildman–Crippen LogP) is 4.07. The van der Waals surface area contributed by atoms with Crippen molar-refractivity contribution in [2.45, 2.75) is 41.0 Å². The number of nitrogens with zero attached hydrogens (tertiary/aromatic N) is 2. The molecule has 5 nitrogen and oxygen atoms in total. The lowest BCUT2D eigenvalue weighted by Crippen LogP contribution is -2.11. The van der Waals surface area contributed by atoms with Crippen molar-refractivity contribution in [1.82, 2.24) is 4.98 Å². The summed E-state index contributed by atoms with van der Waals surface area (Å²) >= 11 is 1.54. The van der Waals surface area contributed by atoms with Crippen molar-refractivity contribution < 1.29 is 4.79 Å². The summed E-state index contributed by atoms with van der Waals surface area (Å²) in [5.74, 6) is 0.0228. The minimum absolute atomic E-state index is 0.0228. The molecule has 112 valence electrons. The van der Waals surface area contributed by atoms with Gasteiger partial charge in [0.25, 0.3) is 0 Å². The van der Waals surface area contributed by atoms with Crippen LogP contribution in [-0.4, -0.2) is 16.6 Å². The third-order valence-electron chi connectivity index (χ3n) is 3.08. The molecule has 0 aliphatic heterocycles. The maximum atomic E-state index is 11.7. The van der Waals surface area contributed by atoms with E-state index in [0.29, 0.717) is 6.42 Å². The molecule has 0 bridgehead atoms. The van der Waals surface area contributed by atoms with Crippen LogP contribution in [0.1, 0.15) is 38.3 Å². The summed E-state index contributed by atoms with van der Waals surface area (Å²) in [6.07, 6.45) is 0.469. The van der Waals surface area contributed by atoms with Gasteiger partial charge in [-0.2, -0.15) is 5.10 Å². The number of amides is 1. The Morgan fingerprint density at radius 3 is 2.71 bits per heavy atom. The normalized spacial score (nSPS) is 10.5. The Morgan fingerprint density at radius 1 is 1.38 bits per heavy atom. The Bertz CT molecular complexity index is 714.